The fourth-order valence-electron chi connectivity index (χ4n) is 6.99. The first-order chi connectivity index (χ1) is 10.5. The van der Waals surface area contributed by atoms with Crippen molar-refractivity contribution in [3.05, 3.63) is 11.6 Å². The second-order valence-electron chi connectivity index (χ2n) is 8.92. The highest BCUT2D eigenvalue weighted by molar-refractivity contribution is 5.28. The molecule has 1 nitrogen and oxygen atoms in total. The third kappa shape index (κ3) is 1.60. The number of terminal acetylenes is 1. The number of aliphatic hydroxyl groups is 1. The third-order valence-electron chi connectivity index (χ3n) is 8.59. The molecular formula is C21H30O. The molecule has 3 saturated carbocycles. The molecule has 3 fully saturated rings. The Bertz CT molecular complexity index is 555. The largest absolute Gasteiger partial charge is 0.377 e. The smallest absolute Gasteiger partial charge is 0.131 e. The van der Waals surface area contributed by atoms with Crippen molar-refractivity contribution in [1.82, 2.24) is 0 Å². The van der Waals surface area contributed by atoms with Gasteiger partial charge < -0.3 is 5.11 Å². The molecule has 0 bridgehead atoms. The summed E-state index contributed by atoms with van der Waals surface area (Å²) < 4.78 is 0. The van der Waals surface area contributed by atoms with Gasteiger partial charge in [0.15, 0.2) is 0 Å². The molecule has 4 aliphatic carbocycles. The molecule has 0 amide bonds. The van der Waals surface area contributed by atoms with Gasteiger partial charge in [-0.2, -0.15) is 0 Å². The zero-order chi connectivity index (χ0) is 15.6. The first kappa shape index (κ1) is 14.8. The van der Waals surface area contributed by atoms with Gasteiger partial charge in [0.1, 0.15) is 5.60 Å². The Hall–Kier alpha value is -0.740. The van der Waals surface area contributed by atoms with Gasteiger partial charge >= 0.3 is 0 Å². The normalized spacial score (nSPS) is 53.7. The van der Waals surface area contributed by atoms with E-state index in [2.05, 4.69) is 25.8 Å². The van der Waals surface area contributed by atoms with Crippen molar-refractivity contribution in [2.75, 3.05) is 0 Å². The van der Waals surface area contributed by atoms with Crippen molar-refractivity contribution in [1.29, 1.82) is 0 Å². The van der Waals surface area contributed by atoms with E-state index < -0.39 is 5.60 Å². The molecule has 4 rings (SSSR count). The van der Waals surface area contributed by atoms with Gasteiger partial charge in [0.2, 0.25) is 0 Å². The summed E-state index contributed by atoms with van der Waals surface area (Å²) in [6.45, 7) is 4.75. The fraction of sp³-hybridized carbons (Fsp3) is 0.810. The number of hydrogen-bond acceptors (Lipinski definition) is 1. The highest BCUT2D eigenvalue weighted by Crippen LogP contribution is 2.71. The minimum atomic E-state index is -0.880. The zero-order valence-electron chi connectivity index (χ0n) is 14.2. The lowest BCUT2D eigenvalue weighted by atomic mass is 9.44. The monoisotopic (exact) mass is 298 g/mol. The first-order valence-corrected chi connectivity index (χ1v) is 9.34. The highest BCUT2D eigenvalue weighted by atomic mass is 16.3. The van der Waals surface area contributed by atoms with Crippen molar-refractivity contribution in [3.8, 4) is 12.3 Å². The van der Waals surface area contributed by atoms with E-state index in [0.717, 1.165) is 37.0 Å². The van der Waals surface area contributed by atoms with Crippen molar-refractivity contribution in [3.63, 3.8) is 0 Å². The van der Waals surface area contributed by atoms with E-state index in [1.807, 2.05) is 0 Å². The molecular weight excluding hydrogens is 268 g/mol. The zero-order valence-corrected chi connectivity index (χ0v) is 14.2. The number of allylic oxidation sites excluding steroid dienone is 2. The molecule has 120 valence electrons. The van der Waals surface area contributed by atoms with Crippen LogP contribution in [0.5, 0.6) is 0 Å². The average molecular weight is 298 g/mol. The van der Waals surface area contributed by atoms with E-state index in [0.29, 0.717) is 0 Å². The lowest BCUT2D eigenvalue weighted by Crippen LogP contribution is -2.57. The Labute approximate surface area is 135 Å². The molecule has 0 heterocycles. The summed E-state index contributed by atoms with van der Waals surface area (Å²) in [4.78, 5) is 0. The minimum absolute atomic E-state index is 0.0915. The molecule has 0 saturated heterocycles. The molecule has 22 heavy (non-hydrogen) atoms. The number of rotatable bonds is 0. The Kier molecular flexibility index (Phi) is 3.12. The third-order valence-corrected chi connectivity index (χ3v) is 8.59. The van der Waals surface area contributed by atoms with Crippen LogP contribution in [0.1, 0.15) is 71.6 Å². The fourth-order valence-corrected chi connectivity index (χ4v) is 6.99. The Morgan fingerprint density at radius 3 is 2.77 bits per heavy atom. The van der Waals surface area contributed by atoms with E-state index in [4.69, 9.17) is 6.42 Å². The van der Waals surface area contributed by atoms with Crippen LogP contribution in [-0.4, -0.2) is 10.7 Å². The van der Waals surface area contributed by atoms with Crippen LogP contribution in [0.15, 0.2) is 11.6 Å². The van der Waals surface area contributed by atoms with Crippen molar-refractivity contribution in [2.45, 2.75) is 77.2 Å². The molecule has 0 aliphatic heterocycles. The van der Waals surface area contributed by atoms with Gasteiger partial charge in [-0.25, -0.2) is 0 Å². The van der Waals surface area contributed by atoms with Gasteiger partial charge in [-0.05, 0) is 81.0 Å². The van der Waals surface area contributed by atoms with Crippen molar-refractivity contribution >= 4 is 0 Å². The molecule has 0 aromatic carbocycles. The SMILES string of the molecule is C#C[C@]1(O)CC[C@@]2(C)[C@@H]3CCC4=CCCC[C@@H]4[C@H]3CC[C@@]21C. The summed E-state index contributed by atoms with van der Waals surface area (Å²) in [5.74, 6) is 5.25. The van der Waals surface area contributed by atoms with Gasteiger partial charge in [0.25, 0.3) is 0 Å². The molecule has 4 aliphatic rings. The predicted molar refractivity (Wildman–Crippen MR) is 90.1 cm³/mol. The van der Waals surface area contributed by atoms with Crippen LogP contribution in [0.25, 0.3) is 0 Å². The van der Waals surface area contributed by atoms with E-state index in [1.165, 1.54) is 38.5 Å². The maximum absolute atomic E-state index is 11.1. The van der Waals surface area contributed by atoms with Crippen LogP contribution in [0.3, 0.4) is 0 Å². The molecule has 1 heteroatoms. The molecule has 1 N–H and O–H groups in total. The summed E-state index contributed by atoms with van der Waals surface area (Å²) >= 11 is 0. The minimum Gasteiger partial charge on any atom is -0.377 e. The highest BCUT2D eigenvalue weighted by Gasteiger charge is 2.67. The van der Waals surface area contributed by atoms with E-state index in [-0.39, 0.29) is 10.8 Å². The summed E-state index contributed by atoms with van der Waals surface area (Å²) in [7, 11) is 0. The Balaban J connectivity index is 1.72. The molecule has 0 spiro atoms. The predicted octanol–water partition coefficient (Wildman–Crippen LogP) is 4.70. The van der Waals surface area contributed by atoms with Gasteiger partial charge in [-0.1, -0.05) is 31.4 Å². The van der Waals surface area contributed by atoms with Gasteiger partial charge in [-0.3, -0.25) is 0 Å². The second-order valence-corrected chi connectivity index (χ2v) is 8.92. The van der Waals surface area contributed by atoms with Crippen molar-refractivity contribution in [2.24, 2.45) is 28.6 Å². The van der Waals surface area contributed by atoms with Crippen LogP contribution in [0.2, 0.25) is 0 Å². The number of fused-ring (bicyclic) bond motifs is 5. The van der Waals surface area contributed by atoms with E-state index in [9.17, 15) is 5.11 Å². The summed E-state index contributed by atoms with van der Waals surface area (Å²) in [6.07, 6.45) is 19.3. The van der Waals surface area contributed by atoms with Gasteiger partial charge in [-0.15, -0.1) is 6.42 Å². The molecule has 0 radical (unpaired) electrons. The number of hydrogen-bond donors (Lipinski definition) is 1. The second kappa shape index (κ2) is 4.64. The Morgan fingerprint density at radius 1 is 1.18 bits per heavy atom. The lowest BCUT2D eigenvalue weighted by Gasteiger charge is -2.60. The van der Waals surface area contributed by atoms with Crippen LogP contribution in [0.4, 0.5) is 0 Å². The van der Waals surface area contributed by atoms with Crippen LogP contribution in [-0.2, 0) is 0 Å². The quantitative estimate of drug-likeness (QED) is 0.507. The molecule has 0 aromatic rings. The summed E-state index contributed by atoms with van der Waals surface area (Å²) in [5.41, 5.74) is 1.02. The average Bonchev–Trinajstić information content (AvgIpc) is 2.76. The molecule has 6 atom stereocenters. The first-order valence-electron chi connectivity index (χ1n) is 9.34. The molecule has 0 unspecified atom stereocenters. The Morgan fingerprint density at radius 2 is 2.00 bits per heavy atom. The van der Waals surface area contributed by atoms with E-state index in [1.54, 1.807) is 5.57 Å². The van der Waals surface area contributed by atoms with Gasteiger partial charge in [0, 0.05) is 5.41 Å². The summed E-state index contributed by atoms with van der Waals surface area (Å²) in [6, 6.07) is 0. The topological polar surface area (TPSA) is 20.2 Å². The maximum Gasteiger partial charge on any atom is 0.131 e. The van der Waals surface area contributed by atoms with Crippen LogP contribution >= 0.6 is 0 Å². The van der Waals surface area contributed by atoms with Crippen LogP contribution < -0.4 is 0 Å². The van der Waals surface area contributed by atoms with Crippen LogP contribution in [0, 0.1) is 40.9 Å². The maximum atomic E-state index is 11.1. The molecule has 0 aromatic heterocycles. The van der Waals surface area contributed by atoms with E-state index >= 15 is 0 Å². The standard InChI is InChI=1S/C21H30O/c1-4-21(22)14-13-19(2)18-10-9-15-7-5-6-8-16(15)17(18)11-12-20(19,21)3/h1,7,16-18,22H,5-6,8-14H2,2-3H3/t16-,17+,18+,19-,20-,21-/m0/s1. The summed E-state index contributed by atoms with van der Waals surface area (Å²) in [5, 5.41) is 11.1. The van der Waals surface area contributed by atoms with Crippen molar-refractivity contribution < 1.29 is 5.11 Å². The van der Waals surface area contributed by atoms with Gasteiger partial charge in [0.05, 0.1) is 0 Å². The lowest BCUT2D eigenvalue weighted by molar-refractivity contribution is -0.136.